The van der Waals surface area contributed by atoms with Crippen LogP contribution in [0.3, 0.4) is 0 Å². The van der Waals surface area contributed by atoms with Crippen molar-refractivity contribution in [2.75, 3.05) is 0 Å². The Labute approximate surface area is 337 Å². The molecule has 2 aliphatic rings. The summed E-state index contributed by atoms with van der Waals surface area (Å²) >= 11 is 1.83. The lowest BCUT2D eigenvalue weighted by atomic mass is 9.67. The van der Waals surface area contributed by atoms with Crippen molar-refractivity contribution in [2.45, 2.75) is 22.1 Å². The number of nitriles is 1. The zero-order valence-electron chi connectivity index (χ0n) is 31.3. The summed E-state index contributed by atoms with van der Waals surface area (Å²) in [6.45, 7) is 6.45. The van der Waals surface area contributed by atoms with Gasteiger partial charge in [0, 0.05) is 26.5 Å². The average Bonchev–Trinajstić information content (AvgIpc) is 3.55. The lowest BCUT2D eigenvalue weighted by molar-refractivity contribution is 0.722. The van der Waals surface area contributed by atoms with Gasteiger partial charge in [-0.1, -0.05) is 170 Å². The van der Waals surface area contributed by atoms with Crippen LogP contribution in [0.5, 0.6) is 0 Å². The maximum Gasteiger partial charge on any atom is 0.160 e. The maximum atomic E-state index is 9.98. The highest BCUT2D eigenvalue weighted by Gasteiger charge is 2.50. The molecule has 8 aromatic rings. The zero-order chi connectivity index (χ0) is 38.5. The Morgan fingerprint density at radius 1 is 0.526 bits per heavy atom. The minimum Gasteiger partial charge on any atom is -0.233 e. The van der Waals surface area contributed by atoms with Crippen LogP contribution in [-0.2, 0) is 5.41 Å². The van der Waals surface area contributed by atoms with E-state index in [9.17, 15) is 5.26 Å². The van der Waals surface area contributed by atoms with Crippen LogP contribution in [0.2, 0.25) is 0 Å². The second kappa shape index (κ2) is 13.9. The van der Waals surface area contributed by atoms with Gasteiger partial charge in [-0.2, -0.15) is 5.26 Å². The summed E-state index contributed by atoms with van der Waals surface area (Å²) in [5, 5.41) is 12.0. The number of benzene rings is 8. The second-order valence-electron chi connectivity index (χ2n) is 14.5. The molecule has 0 N–H and O–H groups in total. The number of fused-ring (bicyclic) bond motifs is 10. The number of aliphatic imine (C=N–C) groups is 2. The molecule has 10 rings (SSSR count). The van der Waals surface area contributed by atoms with E-state index in [0.29, 0.717) is 17.1 Å². The van der Waals surface area contributed by atoms with E-state index in [1.54, 1.807) is 0 Å². The summed E-state index contributed by atoms with van der Waals surface area (Å²) in [5.41, 5.74) is 14.0. The van der Waals surface area contributed by atoms with Crippen LogP contribution in [0.1, 0.15) is 51.4 Å². The minimum atomic E-state index is -0.628. The van der Waals surface area contributed by atoms with Gasteiger partial charge in [-0.3, -0.25) is 0 Å². The van der Waals surface area contributed by atoms with Gasteiger partial charge < -0.3 is 0 Å². The van der Waals surface area contributed by atoms with Gasteiger partial charge in [-0.15, -0.1) is 0 Å². The van der Waals surface area contributed by atoms with Gasteiger partial charge >= 0.3 is 0 Å². The summed E-state index contributed by atoms with van der Waals surface area (Å²) in [6, 6.07) is 66.4. The molecule has 57 heavy (non-hydrogen) atoms. The number of hydrogen-bond donors (Lipinski definition) is 0. The van der Waals surface area contributed by atoms with E-state index < -0.39 is 5.41 Å². The van der Waals surface area contributed by atoms with Crippen LogP contribution >= 0.6 is 11.8 Å². The topological polar surface area (TPSA) is 48.5 Å². The van der Waals surface area contributed by atoms with E-state index in [1.807, 2.05) is 85.4 Å². The van der Waals surface area contributed by atoms with E-state index in [0.717, 1.165) is 44.3 Å². The molecule has 0 amide bonds. The molecular formula is C53H35N3S. The first kappa shape index (κ1) is 34.4. The molecule has 0 atom stereocenters. The predicted molar refractivity (Wildman–Crippen MR) is 236 cm³/mol. The monoisotopic (exact) mass is 745 g/mol. The first-order valence-electron chi connectivity index (χ1n) is 19.1. The Bertz CT molecular complexity index is 2980. The van der Waals surface area contributed by atoms with Crippen molar-refractivity contribution in [3.63, 3.8) is 0 Å². The van der Waals surface area contributed by atoms with E-state index in [1.165, 1.54) is 43.2 Å². The molecule has 3 nitrogen and oxygen atoms in total. The largest absolute Gasteiger partial charge is 0.233 e. The molecule has 0 saturated carbocycles. The van der Waals surface area contributed by atoms with E-state index in [2.05, 4.69) is 128 Å². The summed E-state index contributed by atoms with van der Waals surface area (Å²) in [7, 11) is 0. The normalized spacial score (nSPS) is 13.7. The molecule has 0 aromatic heterocycles. The fraction of sp³-hybridized carbons (Fsp3) is 0.0377. The minimum absolute atomic E-state index is 0.607. The van der Waals surface area contributed by atoms with Gasteiger partial charge in [0.2, 0.25) is 0 Å². The average molecular weight is 746 g/mol. The third-order valence-corrected chi connectivity index (χ3v) is 12.5. The molecule has 0 fully saturated rings. The van der Waals surface area contributed by atoms with Crippen LogP contribution in [0.4, 0.5) is 0 Å². The lowest BCUT2D eigenvalue weighted by Gasteiger charge is -2.40. The van der Waals surface area contributed by atoms with Gasteiger partial charge in [0.15, 0.2) is 5.84 Å². The van der Waals surface area contributed by atoms with Crippen molar-refractivity contribution in [3.8, 4) is 28.3 Å². The molecule has 1 aliphatic heterocycles. The van der Waals surface area contributed by atoms with E-state index in [4.69, 9.17) is 9.98 Å². The number of nitrogens with zero attached hydrogens (tertiary/aromatic N) is 3. The summed E-state index contributed by atoms with van der Waals surface area (Å²) < 4.78 is 0. The Morgan fingerprint density at radius 2 is 1.09 bits per heavy atom. The van der Waals surface area contributed by atoms with Gasteiger partial charge in [0.05, 0.1) is 22.7 Å². The van der Waals surface area contributed by atoms with E-state index in [-0.39, 0.29) is 0 Å². The van der Waals surface area contributed by atoms with Crippen LogP contribution in [0, 0.1) is 11.3 Å². The standard InChI is InChI=1S/C53H35N3S/c1-34(36-15-5-3-6-16-36)55-52(56-35(2)37-17-7-4-8-18-37)39-26-30-45-44-29-25-38(42-28-27-40(33-54)41-19-9-10-20-43(41)42)31-48(44)53(49(45)32-39)46-21-11-13-23-50(46)57-51-24-14-12-22-47(51)53/h3-32H,1H2,2H3. The molecule has 1 heterocycles. The number of rotatable bonds is 5. The molecule has 268 valence electrons. The van der Waals surface area contributed by atoms with Gasteiger partial charge in [-0.25, -0.2) is 9.98 Å². The quantitative estimate of drug-likeness (QED) is 0.130. The fourth-order valence-electron chi connectivity index (χ4n) is 8.73. The molecule has 0 saturated heterocycles. The number of amidine groups is 1. The van der Waals surface area contributed by atoms with Gasteiger partial charge in [0.25, 0.3) is 0 Å². The Balaban J connectivity index is 1.25. The second-order valence-corrected chi connectivity index (χ2v) is 15.6. The highest BCUT2D eigenvalue weighted by Crippen LogP contribution is 2.62. The molecule has 0 unspecified atom stereocenters. The smallest absolute Gasteiger partial charge is 0.160 e. The Hall–Kier alpha value is -7.06. The van der Waals surface area contributed by atoms with Crippen molar-refractivity contribution in [1.29, 1.82) is 5.26 Å². The maximum absolute atomic E-state index is 9.98. The van der Waals surface area contributed by atoms with Crippen LogP contribution < -0.4 is 0 Å². The first-order chi connectivity index (χ1) is 28.0. The van der Waals surface area contributed by atoms with Crippen molar-refractivity contribution in [3.05, 3.63) is 233 Å². The molecule has 0 radical (unpaired) electrons. The highest BCUT2D eigenvalue weighted by atomic mass is 32.2. The van der Waals surface area contributed by atoms with E-state index >= 15 is 0 Å². The summed E-state index contributed by atoms with van der Waals surface area (Å²) in [6.07, 6.45) is 0. The van der Waals surface area contributed by atoms with Gasteiger partial charge in [-0.05, 0) is 98.3 Å². The molecular weight excluding hydrogens is 711 g/mol. The van der Waals surface area contributed by atoms with Crippen molar-refractivity contribution in [2.24, 2.45) is 9.98 Å². The summed E-state index contributed by atoms with van der Waals surface area (Å²) in [4.78, 5) is 12.9. The fourth-order valence-corrected chi connectivity index (χ4v) is 9.93. The SMILES string of the molecule is C=C(N=C(N=C(C)c1ccccc1)c1ccc2c(c1)C1(c3ccccc3Sc3ccccc31)c1cc(-c3ccc(C#N)c4ccccc34)ccc1-2)c1ccccc1. The van der Waals surface area contributed by atoms with Gasteiger partial charge in [0.1, 0.15) is 0 Å². The molecule has 4 heteroatoms. The molecule has 8 aromatic carbocycles. The highest BCUT2D eigenvalue weighted by molar-refractivity contribution is 7.99. The predicted octanol–water partition coefficient (Wildman–Crippen LogP) is 13.1. The van der Waals surface area contributed by atoms with Crippen molar-refractivity contribution >= 4 is 39.8 Å². The molecule has 1 aliphatic carbocycles. The van der Waals surface area contributed by atoms with Crippen molar-refractivity contribution < 1.29 is 0 Å². The zero-order valence-corrected chi connectivity index (χ0v) is 32.1. The Morgan fingerprint density at radius 3 is 1.77 bits per heavy atom. The first-order valence-corrected chi connectivity index (χ1v) is 19.9. The molecule has 0 bridgehead atoms. The summed E-state index contributed by atoms with van der Waals surface area (Å²) in [5.74, 6) is 0.607. The number of hydrogen-bond acceptors (Lipinski definition) is 3. The Kier molecular flexibility index (Phi) is 8.40. The molecule has 1 spiro atoms. The van der Waals surface area contributed by atoms with Crippen molar-refractivity contribution in [1.82, 2.24) is 0 Å². The van der Waals surface area contributed by atoms with Crippen LogP contribution in [0.15, 0.2) is 208 Å². The van der Waals surface area contributed by atoms with Crippen LogP contribution in [-0.4, -0.2) is 11.5 Å². The van der Waals surface area contributed by atoms with Crippen LogP contribution in [0.25, 0.3) is 38.7 Å². The third-order valence-electron chi connectivity index (χ3n) is 11.4. The third kappa shape index (κ3) is 5.59. The lowest BCUT2D eigenvalue weighted by Crippen LogP contribution is -2.32.